The molecule has 0 spiro atoms. The lowest BCUT2D eigenvalue weighted by atomic mass is 10.2. The topological polar surface area (TPSA) is 84.5 Å². The summed E-state index contributed by atoms with van der Waals surface area (Å²) in [6.45, 7) is 5.37. The molecule has 2 aromatic heterocycles. The van der Waals surface area contributed by atoms with Gasteiger partial charge in [-0.3, -0.25) is 9.59 Å². The standard InChI is InChI=1S/C13H13NO2.C12H11NO2/c1-9-8-12(10(2)16-9)13(15)14-11-6-4-3-5-7-11;1-9-11(7-8-15-9)12(14)13-10-5-3-2-4-6-10/h3-8H,1-2H3,(H,14,15);2-8H,1H3,(H,13,14). The minimum atomic E-state index is -0.146. The molecule has 0 unspecified atom stereocenters. The van der Waals surface area contributed by atoms with Gasteiger partial charge in [-0.15, -0.1) is 0 Å². The lowest BCUT2D eigenvalue weighted by molar-refractivity contribution is 0.101. The van der Waals surface area contributed by atoms with Gasteiger partial charge >= 0.3 is 0 Å². The first-order chi connectivity index (χ1) is 14.9. The minimum Gasteiger partial charge on any atom is -0.469 e. The molecule has 158 valence electrons. The maximum atomic E-state index is 11.9. The molecule has 2 amide bonds. The van der Waals surface area contributed by atoms with Gasteiger partial charge in [0, 0.05) is 11.4 Å². The van der Waals surface area contributed by atoms with Crippen LogP contribution in [0.2, 0.25) is 0 Å². The molecule has 0 saturated heterocycles. The molecule has 0 bridgehead atoms. The summed E-state index contributed by atoms with van der Waals surface area (Å²) in [5.41, 5.74) is 2.72. The molecule has 4 rings (SSSR count). The fourth-order valence-corrected chi connectivity index (χ4v) is 2.92. The number of benzene rings is 2. The van der Waals surface area contributed by atoms with Crippen molar-refractivity contribution in [2.45, 2.75) is 20.8 Å². The largest absolute Gasteiger partial charge is 0.469 e. The predicted molar refractivity (Wildman–Crippen MR) is 120 cm³/mol. The van der Waals surface area contributed by atoms with E-state index in [9.17, 15) is 9.59 Å². The second-order valence-corrected chi connectivity index (χ2v) is 6.86. The van der Waals surface area contributed by atoms with E-state index in [0.717, 1.165) is 17.1 Å². The van der Waals surface area contributed by atoms with E-state index in [1.807, 2.05) is 67.6 Å². The summed E-state index contributed by atoms with van der Waals surface area (Å²) in [5, 5.41) is 5.60. The Morgan fingerprint density at radius 3 is 1.61 bits per heavy atom. The van der Waals surface area contributed by atoms with E-state index in [1.54, 1.807) is 26.0 Å². The first-order valence-corrected chi connectivity index (χ1v) is 9.78. The number of anilines is 2. The van der Waals surface area contributed by atoms with E-state index in [-0.39, 0.29) is 11.8 Å². The van der Waals surface area contributed by atoms with E-state index in [1.165, 1.54) is 6.26 Å². The molecule has 0 radical (unpaired) electrons. The monoisotopic (exact) mass is 416 g/mol. The molecule has 0 atom stereocenters. The highest BCUT2D eigenvalue weighted by Gasteiger charge is 2.13. The van der Waals surface area contributed by atoms with Crippen LogP contribution in [0.3, 0.4) is 0 Å². The van der Waals surface area contributed by atoms with Crippen LogP contribution in [0, 0.1) is 20.8 Å². The number of hydrogen-bond acceptors (Lipinski definition) is 4. The quantitative estimate of drug-likeness (QED) is 0.428. The van der Waals surface area contributed by atoms with Crippen LogP contribution in [-0.2, 0) is 0 Å². The zero-order chi connectivity index (χ0) is 22.2. The van der Waals surface area contributed by atoms with Crippen molar-refractivity contribution in [3.05, 3.63) is 107 Å². The van der Waals surface area contributed by atoms with Crippen LogP contribution in [0.25, 0.3) is 0 Å². The molecule has 0 saturated carbocycles. The number of carbonyl (C=O) groups is 2. The van der Waals surface area contributed by atoms with Crippen molar-refractivity contribution in [1.29, 1.82) is 0 Å². The number of rotatable bonds is 4. The van der Waals surface area contributed by atoms with Gasteiger partial charge in [-0.25, -0.2) is 0 Å². The van der Waals surface area contributed by atoms with E-state index in [2.05, 4.69) is 10.6 Å². The molecule has 6 nitrogen and oxygen atoms in total. The van der Waals surface area contributed by atoms with Crippen LogP contribution < -0.4 is 10.6 Å². The van der Waals surface area contributed by atoms with Gasteiger partial charge in [-0.1, -0.05) is 36.4 Å². The molecule has 4 aromatic rings. The molecule has 6 heteroatoms. The lowest BCUT2D eigenvalue weighted by Gasteiger charge is -2.03. The average molecular weight is 416 g/mol. The summed E-state index contributed by atoms with van der Waals surface area (Å²) in [6.07, 6.45) is 1.51. The highest BCUT2D eigenvalue weighted by Crippen LogP contribution is 2.16. The van der Waals surface area contributed by atoms with Crippen molar-refractivity contribution in [3.8, 4) is 0 Å². The summed E-state index contributed by atoms with van der Waals surface area (Å²) < 4.78 is 10.4. The van der Waals surface area contributed by atoms with E-state index < -0.39 is 0 Å². The number of amides is 2. The van der Waals surface area contributed by atoms with Gasteiger partial charge < -0.3 is 19.5 Å². The molecule has 0 aliphatic rings. The van der Waals surface area contributed by atoms with Gasteiger partial charge in [0.15, 0.2) is 0 Å². The maximum absolute atomic E-state index is 11.9. The molecule has 0 aliphatic heterocycles. The number of para-hydroxylation sites is 2. The lowest BCUT2D eigenvalue weighted by Crippen LogP contribution is -2.11. The van der Waals surface area contributed by atoms with Gasteiger partial charge in [0.1, 0.15) is 17.3 Å². The number of aryl methyl sites for hydroxylation is 3. The van der Waals surface area contributed by atoms with Crippen molar-refractivity contribution in [2.75, 3.05) is 10.6 Å². The van der Waals surface area contributed by atoms with Crippen molar-refractivity contribution in [3.63, 3.8) is 0 Å². The Hall–Kier alpha value is -4.06. The van der Waals surface area contributed by atoms with Gasteiger partial charge in [0.25, 0.3) is 11.8 Å². The second-order valence-electron chi connectivity index (χ2n) is 6.86. The second kappa shape index (κ2) is 10.1. The summed E-state index contributed by atoms with van der Waals surface area (Å²) >= 11 is 0. The SMILES string of the molecule is Cc1cc(C(=O)Nc2ccccc2)c(C)o1.Cc1occc1C(=O)Nc1ccccc1. The zero-order valence-electron chi connectivity index (χ0n) is 17.6. The molecule has 0 aliphatic carbocycles. The van der Waals surface area contributed by atoms with Gasteiger partial charge in [-0.2, -0.15) is 0 Å². The van der Waals surface area contributed by atoms with Crippen LogP contribution >= 0.6 is 0 Å². The number of hydrogen-bond donors (Lipinski definition) is 2. The minimum absolute atomic E-state index is 0.138. The Kier molecular flexibility index (Phi) is 7.06. The van der Waals surface area contributed by atoms with Gasteiger partial charge in [0.2, 0.25) is 0 Å². The number of furan rings is 2. The van der Waals surface area contributed by atoms with E-state index in [4.69, 9.17) is 8.83 Å². The Morgan fingerprint density at radius 1 is 0.677 bits per heavy atom. The predicted octanol–water partition coefficient (Wildman–Crippen LogP) is 5.99. The molecule has 2 heterocycles. The summed E-state index contributed by atoms with van der Waals surface area (Å²) in [5.74, 6) is 1.73. The van der Waals surface area contributed by atoms with Crippen LogP contribution in [-0.4, -0.2) is 11.8 Å². The average Bonchev–Trinajstić information content (AvgIpc) is 3.34. The fraction of sp³-hybridized carbons (Fsp3) is 0.120. The highest BCUT2D eigenvalue weighted by molar-refractivity contribution is 6.05. The normalized spacial score (nSPS) is 10.0. The van der Waals surface area contributed by atoms with Gasteiger partial charge in [0.05, 0.1) is 17.4 Å². The van der Waals surface area contributed by atoms with Crippen LogP contribution in [0.4, 0.5) is 11.4 Å². The van der Waals surface area contributed by atoms with Crippen LogP contribution in [0.15, 0.2) is 87.9 Å². The maximum Gasteiger partial charge on any atom is 0.259 e. The first-order valence-electron chi connectivity index (χ1n) is 9.78. The van der Waals surface area contributed by atoms with E-state index >= 15 is 0 Å². The van der Waals surface area contributed by atoms with Crippen LogP contribution in [0.1, 0.15) is 38.0 Å². The van der Waals surface area contributed by atoms with Crippen LogP contribution in [0.5, 0.6) is 0 Å². The Morgan fingerprint density at radius 2 is 1.19 bits per heavy atom. The number of carbonyl (C=O) groups excluding carboxylic acids is 2. The molecular weight excluding hydrogens is 392 g/mol. The van der Waals surface area contributed by atoms with Crippen molar-refractivity contribution >= 4 is 23.2 Å². The summed E-state index contributed by atoms with van der Waals surface area (Å²) in [6, 6.07) is 22.1. The Labute approximate surface area is 180 Å². The zero-order valence-corrected chi connectivity index (χ0v) is 17.6. The van der Waals surface area contributed by atoms with Gasteiger partial charge in [-0.05, 0) is 57.2 Å². The summed E-state index contributed by atoms with van der Waals surface area (Å²) in [4.78, 5) is 23.6. The molecule has 0 fully saturated rings. The molecule has 2 aromatic carbocycles. The first kappa shape index (κ1) is 21.6. The summed E-state index contributed by atoms with van der Waals surface area (Å²) in [7, 11) is 0. The molecule has 2 N–H and O–H groups in total. The van der Waals surface area contributed by atoms with Crippen molar-refractivity contribution in [1.82, 2.24) is 0 Å². The van der Waals surface area contributed by atoms with Crippen molar-refractivity contribution < 1.29 is 18.4 Å². The fourth-order valence-electron chi connectivity index (χ4n) is 2.92. The molecular formula is C25H24N2O4. The third-order valence-corrected chi connectivity index (χ3v) is 4.45. The van der Waals surface area contributed by atoms with Crippen molar-refractivity contribution in [2.24, 2.45) is 0 Å². The smallest absolute Gasteiger partial charge is 0.259 e. The Balaban J connectivity index is 0.000000176. The number of nitrogens with one attached hydrogen (secondary N) is 2. The third kappa shape index (κ3) is 5.96. The van der Waals surface area contributed by atoms with E-state index in [0.29, 0.717) is 22.6 Å². The molecule has 31 heavy (non-hydrogen) atoms. The highest BCUT2D eigenvalue weighted by atomic mass is 16.3. The Bertz CT molecular complexity index is 1140. The third-order valence-electron chi connectivity index (χ3n) is 4.45.